The van der Waals surface area contributed by atoms with E-state index in [9.17, 15) is 9.59 Å². The second-order valence-corrected chi connectivity index (χ2v) is 6.41. The number of carbonyl (C=O) groups is 1. The predicted octanol–water partition coefficient (Wildman–Crippen LogP) is 2.85. The van der Waals surface area contributed by atoms with E-state index < -0.39 is 5.56 Å². The van der Waals surface area contributed by atoms with Crippen molar-refractivity contribution < 1.29 is 4.79 Å². The van der Waals surface area contributed by atoms with Gasteiger partial charge < -0.3 is 10.3 Å². The third-order valence-corrected chi connectivity index (χ3v) is 4.26. The molecule has 3 rings (SSSR count). The molecule has 0 fully saturated rings. The number of aromatic amines is 1. The molecule has 6 nitrogen and oxygen atoms in total. The first-order chi connectivity index (χ1) is 12.5. The highest BCUT2D eigenvalue weighted by molar-refractivity contribution is 5.94. The Kier molecular flexibility index (Phi) is 5.02. The van der Waals surface area contributed by atoms with Gasteiger partial charge in [0.2, 0.25) is 0 Å². The minimum Gasteiger partial charge on any atom is -0.350 e. The van der Waals surface area contributed by atoms with Crippen LogP contribution < -0.4 is 10.9 Å². The Balaban J connectivity index is 1.70. The lowest BCUT2D eigenvalue weighted by Gasteiger charge is -2.15. The molecule has 1 unspecified atom stereocenters. The number of benzene rings is 1. The van der Waals surface area contributed by atoms with Crippen LogP contribution in [0.1, 0.15) is 34.7 Å². The van der Waals surface area contributed by atoms with E-state index in [1.807, 2.05) is 61.9 Å². The van der Waals surface area contributed by atoms with E-state index in [-0.39, 0.29) is 17.5 Å². The fraction of sp³-hybridized carbons (Fsp3) is 0.250. The summed E-state index contributed by atoms with van der Waals surface area (Å²) < 4.78 is 1.87. The van der Waals surface area contributed by atoms with Gasteiger partial charge in [0.15, 0.2) is 0 Å². The maximum absolute atomic E-state index is 12.4. The van der Waals surface area contributed by atoms with Gasteiger partial charge in [-0.25, -0.2) is 0 Å². The monoisotopic (exact) mass is 350 g/mol. The summed E-state index contributed by atoms with van der Waals surface area (Å²) >= 11 is 0. The summed E-state index contributed by atoms with van der Waals surface area (Å²) in [6.07, 6.45) is 0. The Hall–Kier alpha value is -3.15. The van der Waals surface area contributed by atoms with Crippen LogP contribution in [-0.4, -0.2) is 27.2 Å². The smallest absolute Gasteiger partial charge is 0.261 e. The molecule has 2 N–H and O–H groups in total. The van der Waals surface area contributed by atoms with Gasteiger partial charge in [-0.1, -0.05) is 30.3 Å². The predicted molar refractivity (Wildman–Crippen MR) is 101 cm³/mol. The Morgan fingerprint density at radius 1 is 1.19 bits per heavy atom. The van der Waals surface area contributed by atoms with Gasteiger partial charge in [0.1, 0.15) is 5.56 Å². The van der Waals surface area contributed by atoms with Gasteiger partial charge in [0.25, 0.3) is 11.5 Å². The summed E-state index contributed by atoms with van der Waals surface area (Å²) in [5, 5.41) is 7.24. The van der Waals surface area contributed by atoms with Crippen molar-refractivity contribution in [3.63, 3.8) is 0 Å². The molecule has 0 aliphatic rings. The van der Waals surface area contributed by atoms with Crippen LogP contribution >= 0.6 is 0 Å². The molecule has 1 atom stereocenters. The number of hydrogen-bond acceptors (Lipinski definition) is 3. The second-order valence-electron chi connectivity index (χ2n) is 6.41. The number of rotatable bonds is 5. The largest absolute Gasteiger partial charge is 0.350 e. The Labute approximate surface area is 151 Å². The fourth-order valence-corrected chi connectivity index (χ4v) is 2.95. The van der Waals surface area contributed by atoms with E-state index >= 15 is 0 Å². The van der Waals surface area contributed by atoms with E-state index in [0.29, 0.717) is 12.2 Å². The van der Waals surface area contributed by atoms with Crippen LogP contribution in [0.25, 0.3) is 11.3 Å². The first kappa shape index (κ1) is 17.7. The maximum atomic E-state index is 12.4. The third kappa shape index (κ3) is 3.74. The zero-order valence-corrected chi connectivity index (χ0v) is 15.1. The molecule has 0 radical (unpaired) electrons. The summed E-state index contributed by atoms with van der Waals surface area (Å²) in [5.74, 6) is -0.390. The highest BCUT2D eigenvalue weighted by Crippen LogP contribution is 2.15. The first-order valence-corrected chi connectivity index (χ1v) is 8.55. The molecule has 2 heterocycles. The normalized spacial score (nSPS) is 12.0. The number of aromatic nitrogens is 3. The van der Waals surface area contributed by atoms with Crippen LogP contribution in [-0.2, 0) is 0 Å². The van der Waals surface area contributed by atoms with Crippen molar-refractivity contribution in [1.29, 1.82) is 0 Å². The Bertz CT molecular complexity index is 973. The molecule has 0 aliphatic heterocycles. The minimum atomic E-state index is -0.400. The van der Waals surface area contributed by atoms with Crippen LogP contribution in [0, 0.1) is 13.8 Å². The van der Waals surface area contributed by atoms with E-state index in [0.717, 1.165) is 17.0 Å². The van der Waals surface area contributed by atoms with Crippen LogP contribution in [0.2, 0.25) is 0 Å². The van der Waals surface area contributed by atoms with Gasteiger partial charge in [-0.2, -0.15) is 5.10 Å². The lowest BCUT2D eigenvalue weighted by Crippen LogP contribution is -2.33. The number of aryl methyl sites for hydroxylation is 2. The third-order valence-electron chi connectivity index (χ3n) is 4.26. The van der Waals surface area contributed by atoms with E-state index in [1.54, 1.807) is 12.1 Å². The zero-order valence-electron chi connectivity index (χ0n) is 15.1. The topological polar surface area (TPSA) is 79.8 Å². The molecule has 26 heavy (non-hydrogen) atoms. The Morgan fingerprint density at radius 3 is 2.54 bits per heavy atom. The van der Waals surface area contributed by atoms with Crippen molar-refractivity contribution in [1.82, 2.24) is 20.1 Å². The molecule has 3 aromatic rings. The quantitative estimate of drug-likeness (QED) is 0.742. The van der Waals surface area contributed by atoms with Gasteiger partial charge in [0, 0.05) is 17.9 Å². The van der Waals surface area contributed by atoms with Crippen molar-refractivity contribution in [2.75, 3.05) is 6.54 Å². The van der Waals surface area contributed by atoms with Crippen molar-refractivity contribution in [2.45, 2.75) is 26.8 Å². The van der Waals surface area contributed by atoms with Gasteiger partial charge in [-0.15, -0.1) is 0 Å². The SMILES string of the molecule is Cc1cc(C)n(C(C)CNC(=O)c2ccc(-c3ccccc3)[nH]c2=O)n1. The summed E-state index contributed by atoms with van der Waals surface area (Å²) in [6.45, 7) is 6.27. The molecule has 0 saturated carbocycles. The number of pyridine rings is 1. The first-order valence-electron chi connectivity index (χ1n) is 8.55. The fourth-order valence-electron chi connectivity index (χ4n) is 2.95. The molecule has 0 spiro atoms. The number of nitrogens with zero attached hydrogens (tertiary/aromatic N) is 2. The molecule has 0 bridgehead atoms. The standard InChI is InChI=1S/C20H22N4O2/c1-13-11-14(2)24(23-13)15(3)12-21-19(25)17-9-10-18(22-20(17)26)16-7-5-4-6-8-16/h4-11,15H,12H2,1-3H3,(H,21,25)(H,22,26). The van der Waals surface area contributed by atoms with Crippen molar-refractivity contribution in [3.05, 3.63) is 75.8 Å². The van der Waals surface area contributed by atoms with E-state index in [1.165, 1.54) is 0 Å². The van der Waals surface area contributed by atoms with Gasteiger partial charge in [-0.3, -0.25) is 14.3 Å². The van der Waals surface area contributed by atoms with Crippen molar-refractivity contribution in [3.8, 4) is 11.3 Å². The maximum Gasteiger partial charge on any atom is 0.261 e. The van der Waals surface area contributed by atoms with E-state index in [4.69, 9.17) is 0 Å². The van der Waals surface area contributed by atoms with E-state index in [2.05, 4.69) is 15.4 Å². The van der Waals surface area contributed by atoms with Crippen molar-refractivity contribution in [2.24, 2.45) is 0 Å². The molecule has 2 aromatic heterocycles. The molecule has 0 aliphatic carbocycles. The highest BCUT2D eigenvalue weighted by atomic mass is 16.2. The summed E-state index contributed by atoms with van der Waals surface area (Å²) in [4.78, 5) is 27.4. The number of carbonyl (C=O) groups excluding carboxylic acids is 1. The Morgan fingerprint density at radius 2 is 1.92 bits per heavy atom. The van der Waals surface area contributed by atoms with Crippen molar-refractivity contribution >= 4 is 5.91 Å². The molecular formula is C20H22N4O2. The number of nitrogens with one attached hydrogen (secondary N) is 2. The second kappa shape index (κ2) is 7.39. The van der Waals surface area contributed by atoms with Crippen LogP contribution in [0.4, 0.5) is 0 Å². The van der Waals surface area contributed by atoms with Gasteiger partial charge in [-0.05, 0) is 44.5 Å². The number of H-pyrrole nitrogens is 1. The summed E-state index contributed by atoms with van der Waals surface area (Å²) in [6, 6.07) is 14.8. The highest BCUT2D eigenvalue weighted by Gasteiger charge is 2.14. The zero-order chi connectivity index (χ0) is 18.7. The van der Waals surface area contributed by atoms with Crippen LogP contribution in [0.5, 0.6) is 0 Å². The van der Waals surface area contributed by atoms with Crippen LogP contribution in [0.15, 0.2) is 53.3 Å². The number of amides is 1. The average Bonchev–Trinajstić information content (AvgIpc) is 2.98. The molecule has 134 valence electrons. The minimum absolute atomic E-state index is 0.00433. The van der Waals surface area contributed by atoms with Gasteiger partial charge >= 0.3 is 0 Å². The lowest BCUT2D eigenvalue weighted by atomic mass is 10.1. The molecular weight excluding hydrogens is 328 g/mol. The van der Waals surface area contributed by atoms with Crippen LogP contribution in [0.3, 0.4) is 0 Å². The average molecular weight is 350 g/mol. The molecule has 0 saturated heterocycles. The van der Waals surface area contributed by atoms with Gasteiger partial charge in [0.05, 0.1) is 11.7 Å². The number of hydrogen-bond donors (Lipinski definition) is 2. The molecule has 6 heteroatoms. The summed E-state index contributed by atoms with van der Waals surface area (Å²) in [7, 11) is 0. The molecule has 1 amide bonds. The summed E-state index contributed by atoms with van der Waals surface area (Å²) in [5.41, 5.74) is 3.26. The molecule has 1 aromatic carbocycles. The lowest BCUT2D eigenvalue weighted by molar-refractivity contribution is 0.0946.